The number of carbonyl (C=O) groups excluding carboxylic acids is 1. The molecule has 0 fully saturated rings. The Morgan fingerprint density at radius 3 is 2.47 bits per heavy atom. The van der Waals surface area contributed by atoms with Crippen LogP contribution in [0.15, 0.2) is 66.0 Å². The van der Waals surface area contributed by atoms with Crippen molar-refractivity contribution in [1.82, 2.24) is 9.80 Å². The number of carbonyl (C=O) groups is 1. The van der Waals surface area contributed by atoms with Crippen LogP contribution in [0, 0.1) is 0 Å². The summed E-state index contributed by atoms with van der Waals surface area (Å²) in [4.78, 5) is 20.8. The summed E-state index contributed by atoms with van der Waals surface area (Å²) in [6, 6.07) is 21.3. The number of benzene rings is 2. The Bertz CT molecular complexity index is 981. The molecule has 4 rings (SSSR count). The lowest BCUT2D eigenvalue weighted by Crippen LogP contribution is -2.43. The monoisotopic (exact) mass is 419 g/mol. The van der Waals surface area contributed by atoms with E-state index in [9.17, 15) is 4.79 Å². The van der Waals surface area contributed by atoms with E-state index in [0.29, 0.717) is 13.1 Å². The van der Waals surface area contributed by atoms with Crippen molar-refractivity contribution in [2.75, 3.05) is 39.1 Å². The molecule has 156 valence electrons. The zero-order chi connectivity index (χ0) is 21.1. The molecule has 0 bridgehead atoms. The molecule has 5 heteroatoms. The molecule has 0 N–H and O–H groups in total. The number of nitrogens with zero attached hydrogens (tertiary/aromatic N) is 3. The molecule has 30 heavy (non-hydrogen) atoms. The van der Waals surface area contributed by atoms with E-state index in [-0.39, 0.29) is 11.9 Å². The van der Waals surface area contributed by atoms with Crippen molar-refractivity contribution in [1.29, 1.82) is 0 Å². The van der Waals surface area contributed by atoms with Crippen LogP contribution in [0.25, 0.3) is 0 Å². The molecular formula is C25H29N3OS. The Morgan fingerprint density at radius 2 is 1.77 bits per heavy atom. The number of amides is 1. The Labute approximate surface area is 183 Å². The van der Waals surface area contributed by atoms with Gasteiger partial charge < -0.3 is 9.80 Å². The average molecular weight is 420 g/mol. The molecule has 4 nitrogen and oxygen atoms in total. The summed E-state index contributed by atoms with van der Waals surface area (Å²) in [7, 11) is 5.97. The third kappa shape index (κ3) is 4.42. The summed E-state index contributed by atoms with van der Waals surface area (Å²) < 4.78 is 0. The second kappa shape index (κ2) is 9.02. The molecule has 1 aromatic heterocycles. The first-order valence-electron chi connectivity index (χ1n) is 10.4. The minimum absolute atomic E-state index is 0.151. The van der Waals surface area contributed by atoms with Crippen LogP contribution in [-0.2, 0) is 17.8 Å². The fraction of sp³-hybridized carbons (Fsp3) is 0.320. The number of hydrogen-bond donors (Lipinski definition) is 0. The van der Waals surface area contributed by atoms with E-state index >= 15 is 0 Å². The Morgan fingerprint density at radius 1 is 1.03 bits per heavy atom. The minimum atomic E-state index is 0.151. The van der Waals surface area contributed by atoms with Gasteiger partial charge in [-0.05, 0) is 46.7 Å². The average Bonchev–Trinajstić information content (AvgIpc) is 3.23. The fourth-order valence-electron chi connectivity index (χ4n) is 4.12. The van der Waals surface area contributed by atoms with Crippen LogP contribution >= 0.6 is 11.3 Å². The Balaban J connectivity index is 1.47. The lowest BCUT2D eigenvalue weighted by molar-refractivity contribution is -0.132. The zero-order valence-electron chi connectivity index (χ0n) is 17.9. The van der Waals surface area contributed by atoms with E-state index in [2.05, 4.69) is 69.8 Å². The molecule has 3 aromatic rings. The van der Waals surface area contributed by atoms with Crippen molar-refractivity contribution in [3.63, 3.8) is 0 Å². The predicted octanol–water partition coefficient (Wildman–Crippen LogP) is 4.42. The van der Waals surface area contributed by atoms with Crippen molar-refractivity contribution >= 4 is 22.9 Å². The fourth-order valence-corrected chi connectivity index (χ4v) is 5.02. The summed E-state index contributed by atoms with van der Waals surface area (Å²) in [5, 5.41) is 2.18. The molecule has 0 spiro atoms. The van der Waals surface area contributed by atoms with Crippen LogP contribution in [0.5, 0.6) is 0 Å². The molecule has 0 radical (unpaired) electrons. The van der Waals surface area contributed by atoms with E-state index in [4.69, 9.17) is 0 Å². The lowest BCUT2D eigenvalue weighted by atomic mass is 9.93. The van der Waals surface area contributed by atoms with Crippen molar-refractivity contribution < 1.29 is 4.79 Å². The van der Waals surface area contributed by atoms with Gasteiger partial charge in [0.2, 0.25) is 5.91 Å². The Kier molecular flexibility index (Phi) is 6.21. The van der Waals surface area contributed by atoms with Gasteiger partial charge in [0.1, 0.15) is 0 Å². The summed E-state index contributed by atoms with van der Waals surface area (Å²) in [6.07, 6.45) is 1.01. The Hall–Kier alpha value is -2.63. The molecule has 2 heterocycles. The molecule has 1 unspecified atom stereocenters. The summed E-state index contributed by atoms with van der Waals surface area (Å²) >= 11 is 1.83. The van der Waals surface area contributed by atoms with Crippen molar-refractivity contribution in [2.45, 2.75) is 19.0 Å². The maximum atomic E-state index is 13.1. The zero-order valence-corrected chi connectivity index (χ0v) is 18.7. The van der Waals surface area contributed by atoms with Crippen molar-refractivity contribution in [2.24, 2.45) is 0 Å². The number of rotatable bonds is 6. The van der Waals surface area contributed by atoms with E-state index in [1.807, 2.05) is 43.4 Å². The minimum Gasteiger partial charge on any atom is -0.378 e. The molecule has 1 atom stereocenters. The largest absolute Gasteiger partial charge is 0.378 e. The first-order chi connectivity index (χ1) is 14.5. The molecule has 1 aliphatic rings. The highest BCUT2D eigenvalue weighted by atomic mass is 32.1. The second-order valence-electron chi connectivity index (χ2n) is 8.14. The van der Waals surface area contributed by atoms with Crippen molar-refractivity contribution in [3.05, 3.63) is 87.6 Å². The first kappa shape index (κ1) is 20.6. The number of anilines is 1. The van der Waals surface area contributed by atoms with E-state index in [1.54, 1.807) is 0 Å². The smallest absolute Gasteiger partial charge is 0.236 e. The molecule has 1 aliphatic heterocycles. The van der Waals surface area contributed by atoms with Gasteiger partial charge in [-0.25, -0.2) is 0 Å². The number of thiophene rings is 1. The van der Waals surface area contributed by atoms with Crippen molar-refractivity contribution in [3.8, 4) is 0 Å². The maximum absolute atomic E-state index is 13.1. The van der Waals surface area contributed by atoms with Crippen LogP contribution in [-0.4, -0.2) is 49.9 Å². The van der Waals surface area contributed by atoms with Crippen LogP contribution < -0.4 is 4.90 Å². The molecular weight excluding hydrogens is 390 g/mol. The van der Waals surface area contributed by atoms with E-state index in [0.717, 1.165) is 18.5 Å². The normalized spacial score (nSPS) is 16.2. The molecule has 0 saturated carbocycles. The van der Waals surface area contributed by atoms with Gasteiger partial charge in [-0.2, -0.15) is 0 Å². The topological polar surface area (TPSA) is 26.8 Å². The third-order valence-corrected chi connectivity index (χ3v) is 6.81. The van der Waals surface area contributed by atoms with Gasteiger partial charge in [0, 0.05) is 44.8 Å². The highest BCUT2D eigenvalue weighted by Gasteiger charge is 2.31. The van der Waals surface area contributed by atoms with Gasteiger partial charge in [-0.15, -0.1) is 11.3 Å². The maximum Gasteiger partial charge on any atom is 0.236 e. The predicted molar refractivity (Wildman–Crippen MR) is 125 cm³/mol. The molecule has 2 aromatic carbocycles. The van der Waals surface area contributed by atoms with Gasteiger partial charge >= 0.3 is 0 Å². The first-order valence-corrected chi connectivity index (χ1v) is 11.3. The molecule has 1 amide bonds. The van der Waals surface area contributed by atoms with Crippen LogP contribution in [0.3, 0.4) is 0 Å². The van der Waals surface area contributed by atoms with Crippen LogP contribution in [0.2, 0.25) is 0 Å². The van der Waals surface area contributed by atoms with Crippen LogP contribution in [0.1, 0.15) is 27.6 Å². The summed E-state index contributed by atoms with van der Waals surface area (Å²) in [5.74, 6) is 0.159. The number of hydrogen-bond acceptors (Lipinski definition) is 4. The summed E-state index contributed by atoms with van der Waals surface area (Å²) in [5.41, 5.74) is 4.92. The quantitative estimate of drug-likeness (QED) is 0.592. The second-order valence-corrected chi connectivity index (χ2v) is 9.14. The van der Waals surface area contributed by atoms with Crippen LogP contribution in [0.4, 0.5) is 5.69 Å². The number of likely N-dealkylation sites (N-methyl/N-ethyl adjacent to an activating group) is 1. The van der Waals surface area contributed by atoms with Gasteiger partial charge in [0.25, 0.3) is 0 Å². The van der Waals surface area contributed by atoms with Gasteiger partial charge in [-0.1, -0.05) is 42.5 Å². The molecule has 0 aliphatic carbocycles. The van der Waals surface area contributed by atoms with E-state index < -0.39 is 0 Å². The number of fused-ring (bicyclic) bond motifs is 1. The SMILES string of the molecule is CN(Cc1ccc(N(C)C)cc1)C(=O)CN1CCc2sccc2C1c1ccccc1. The molecule has 0 saturated heterocycles. The van der Waals surface area contributed by atoms with E-state index in [1.165, 1.54) is 21.7 Å². The standard InChI is InChI=1S/C25H29N3OS/c1-26(2)21-11-9-19(10-12-21)17-27(3)24(29)18-28-15-13-23-22(14-16-30-23)25(28)20-7-5-4-6-8-20/h4-12,14,16,25H,13,15,17-18H2,1-3H3. The van der Waals surface area contributed by atoms with Gasteiger partial charge in [0.15, 0.2) is 0 Å². The summed E-state index contributed by atoms with van der Waals surface area (Å²) in [6.45, 7) is 1.96. The van der Waals surface area contributed by atoms with Gasteiger partial charge in [0.05, 0.1) is 12.6 Å². The highest BCUT2D eigenvalue weighted by Crippen LogP contribution is 2.37. The highest BCUT2D eigenvalue weighted by molar-refractivity contribution is 7.10. The lowest BCUT2D eigenvalue weighted by Gasteiger charge is -2.36. The van der Waals surface area contributed by atoms with Gasteiger partial charge in [-0.3, -0.25) is 9.69 Å². The third-order valence-electron chi connectivity index (χ3n) is 5.82.